The summed E-state index contributed by atoms with van der Waals surface area (Å²) in [4.78, 5) is 38.0. The molecule has 0 saturated carbocycles. The Bertz CT molecular complexity index is 1070. The minimum absolute atomic E-state index is 0. The zero-order chi connectivity index (χ0) is 24.1. The largest absolute Gasteiger partial charge is 1.00 e. The zero-order valence-electron chi connectivity index (χ0n) is 18.6. The van der Waals surface area contributed by atoms with E-state index in [0.29, 0.717) is 22.0 Å². The van der Waals surface area contributed by atoms with Crippen LogP contribution in [-0.4, -0.2) is 83.1 Å². The molecule has 1 fully saturated rings. The van der Waals surface area contributed by atoms with E-state index in [-0.39, 0.29) is 41.0 Å². The number of aryl methyl sites for hydroxylation is 1. The van der Waals surface area contributed by atoms with Crippen molar-refractivity contribution in [3.05, 3.63) is 47.2 Å². The Morgan fingerprint density at radius 2 is 2.00 bits per heavy atom. The van der Waals surface area contributed by atoms with E-state index in [4.69, 9.17) is 5.11 Å². The molecule has 4 rings (SSSR count). The fourth-order valence-electron chi connectivity index (χ4n) is 3.30. The molecule has 0 unspecified atom stereocenters. The van der Waals surface area contributed by atoms with Gasteiger partial charge in [0.05, 0.1) is 11.7 Å². The summed E-state index contributed by atoms with van der Waals surface area (Å²) < 4.78 is 1.46. The van der Waals surface area contributed by atoms with Crippen LogP contribution in [0, 0.1) is 0 Å². The van der Waals surface area contributed by atoms with Crippen molar-refractivity contribution < 1.29 is 59.3 Å². The van der Waals surface area contributed by atoms with Crippen LogP contribution in [0.3, 0.4) is 0 Å². The standard InChI is InChI=1S/C18H18N6O5S2.CH4O.Na/c1-23-18(20-21-22-23)31-8-10-7-30-16-11(15(27)24(16)12(10)17(28)29)19-14(26)13(25)9-5-3-2-4-6-9;1-2;/h2-6,11,13,16,25H,7-8H2,1H3,(H,19,26)(H,28,29);2H,1H3;/q;;+1/p-1/t11-,13-,16-;;/m1../s1. The van der Waals surface area contributed by atoms with Gasteiger partial charge in [-0.2, -0.15) is 0 Å². The molecule has 176 valence electrons. The third-order valence-corrected chi connectivity index (χ3v) is 7.30. The number of carboxylic acids is 1. The molecule has 3 atom stereocenters. The Balaban J connectivity index is 0.00000133. The minimum Gasteiger partial charge on any atom is -0.543 e. The first-order valence-corrected chi connectivity index (χ1v) is 11.6. The summed E-state index contributed by atoms with van der Waals surface area (Å²) >= 11 is 2.58. The summed E-state index contributed by atoms with van der Waals surface area (Å²) in [6.07, 6.45) is -1.43. The Morgan fingerprint density at radius 3 is 2.59 bits per heavy atom. The molecule has 0 bridgehead atoms. The first-order chi connectivity index (χ1) is 15.9. The molecule has 2 aliphatic heterocycles. The molecule has 2 aromatic rings. The Kier molecular flexibility index (Phi) is 10.5. The number of tetrazole rings is 1. The van der Waals surface area contributed by atoms with Crippen LogP contribution in [0.2, 0.25) is 0 Å². The number of carboxylic acid groups (broad SMARTS) is 1. The van der Waals surface area contributed by atoms with Gasteiger partial charge in [-0.1, -0.05) is 42.1 Å². The van der Waals surface area contributed by atoms with Gasteiger partial charge in [0.25, 0.3) is 11.8 Å². The van der Waals surface area contributed by atoms with E-state index < -0.39 is 35.3 Å². The summed E-state index contributed by atoms with van der Waals surface area (Å²) in [5.41, 5.74) is 0.718. The number of aromatic nitrogens is 4. The number of carbonyl (C=O) groups excluding carboxylic acids is 3. The first-order valence-electron chi connectivity index (χ1n) is 9.59. The van der Waals surface area contributed by atoms with E-state index in [1.807, 2.05) is 0 Å². The summed E-state index contributed by atoms with van der Waals surface area (Å²) in [6.45, 7) is 0. The van der Waals surface area contributed by atoms with Crippen molar-refractivity contribution >= 4 is 41.3 Å². The van der Waals surface area contributed by atoms with Crippen molar-refractivity contribution in [2.75, 3.05) is 18.6 Å². The SMILES string of the molecule is CO.Cn1nnnc1SCC1=C(C(=O)[O-])N2C(=O)[C@@H](NC(=O)[C@H](O)c3ccccc3)[C@H]2SC1.[Na+]. The second-order valence-electron chi connectivity index (χ2n) is 6.82. The molecule has 2 amide bonds. The van der Waals surface area contributed by atoms with Crippen molar-refractivity contribution in [2.24, 2.45) is 7.05 Å². The topological polar surface area (TPSA) is 174 Å². The summed E-state index contributed by atoms with van der Waals surface area (Å²) in [6, 6.07) is 7.40. The smallest absolute Gasteiger partial charge is 0.543 e. The Morgan fingerprint density at radius 1 is 1.32 bits per heavy atom. The van der Waals surface area contributed by atoms with Gasteiger partial charge < -0.3 is 25.4 Å². The van der Waals surface area contributed by atoms with Crippen molar-refractivity contribution in [3.63, 3.8) is 0 Å². The number of aliphatic hydroxyl groups excluding tert-OH is 2. The molecule has 3 N–H and O–H groups in total. The quantitative estimate of drug-likeness (QED) is 0.183. The van der Waals surface area contributed by atoms with Gasteiger partial charge in [0.1, 0.15) is 11.4 Å². The maximum absolute atomic E-state index is 12.7. The van der Waals surface area contributed by atoms with Gasteiger partial charge in [0, 0.05) is 25.7 Å². The number of aliphatic carboxylic acids is 1. The molecule has 12 nitrogen and oxygen atoms in total. The molecule has 3 heterocycles. The van der Waals surface area contributed by atoms with Crippen LogP contribution in [0.15, 0.2) is 46.8 Å². The minimum atomic E-state index is -1.46. The maximum atomic E-state index is 12.7. The van der Waals surface area contributed by atoms with Crippen LogP contribution < -0.4 is 40.0 Å². The predicted octanol–water partition coefficient (Wildman–Crippen LogP) is -4.95. The van der Waals surface area contributed by atoms with Gasteiger partial charge in [0.2, 0.25) is 5.16 Å². The third kappa shape index (κ3) is 5.82. The predicted molar refractivity (Wildman–Crippen MR) is 116 cm³/mol. The van der Waals surface area contributed by atoms with Crippen molar-refractivity contribution in [2.45, 2.75) is 22.7 Å². The van der Waals surface area contributed by atoms with Crippen molar-refractivity contribution in [3.8, 4) is 0 Å². The van der Waals surface area contributed by atoms with Gasteiger partial charge in [-0.15, -0.1) is 16.9 Å². The second kappa shape index (κ2) is 12.7. The van der Waals surface area contributed by atoms with Crippen LogP contribution in [-0.2, 0) is 21.4 Å². The number of carbonyl (C=O) groups is 3. The van der Waals surface area contributed by atoms with Crippen LogP contribution in [0.25, 0.3) is 0 Å². The van der Waals surface area contributed by atoms with Gasteiger partial charge in [-0.05, 0) is 21.6 Å². The fourth-order valence-corrected chi connectivity index (χ4v) is 5.63. The van der Waals surface area contributed by atoms with Gasteiger partial charge in [0.15, 0.2) is 6.10 Å². The van der Waals surface area contributed by atoms with Crippen molar-refractivity contribution in [1.29, 1.82) is 0 Å². The number of hydrogen-bond donors (Lipinski definition) is 3. The van der Waals surface area contributed by atoms with Gasteiger partial charge in [-0.3, -0.25) is 14.5 Å². The maximum Gasteiger partial charge on any atom is 1.00 e. The Labute approximate surface area is 225 Å². The monoisotopic (exact) mass is 516 g/mol. The number of β-lactam (4-membered cyclic amide) rings is 1. The summed E-state index contributed by atoms with van der Waals surface area (Å²) in [7, 11) is 2.66. The number of benzene rings is 1. The van der Waals surface area contributed by atoms with E-state index in [1.165, 1.54) is 28.2 Å². The normalized spacial score (nSPS) is 19.6. The summed E-state index contributed by atoms with van der Waals surface area (Å²) in [5, 5.41) is 42.6. The van der Waals surface area contributed by atoms with Gasteiger partial charge >= 0.3 is 29.6 Å². The number of aliphatic hydroxyl groups is 2. The Hall–Kier alpha value is -1.94. The first kappa shape index (κ1) is 28.3. The number of amides is 2. The molecule has 15 heteroatoms. The molecule has 0 radical (unpaired) electrons. The van der Waals surface area contributed by atoms with E-state index in [2.05, 4.69) is 20.8 Å². The molecule has 34 heavy (non-hydrogen) atoms. The molecule has 0 aliphatic carbocycles. The molecule has 1 aromatic carbocycles. The van der Waals surface area contributed by atoms with E-state index in [1.54, 1.807) is 37.4 Å². The van der Waals surface area contributed by atoms with Crippen LogP contribution in [0.1, 0.15) is 11.7 Å². The van der Waals surface area contributed by atoms with E-state index in [9.17, 15) is 24.6 Å². The van der Waals surface area contributed by atoms with Crippen LogP contribution >= 0.6 is 23.5 Å². The fraction of sp³-hybridized carbons (Fsp3) is 0.368. The molecular weight excluding hydrogens is 495 g/mol. The summed E-state index contributed by atoms with van der Waals surface area (Å²) in [5.74, 6) is -2.14. The van der Waals surface area contributed by atoms with Crippen LogP contribution in [0.5, 0.6) is 0 Å². The number of rotatable bonds is 7. The van der Waals surface area contributed by atoms with Gasteiger partial charge in [-0.25, -0.2) is 4.68 Å². The van der Waals surface area contributed by atoms with E-state index >= 15 is 0 Å². The number of nitrogens with one attached hydrogen (secondary N) is 1. The number of thioether (sulfide) groups is 2. The van der Waals surface area contributed by atoms with Crippen LogP contribution in [0.4, 0.5) is 0 Å². The number of fused-ring (bicyclic) bond motifs is 1. The molecule has 1 aromatic heterocycles. The molecule has 0 spiro atoms. The average molecular weight is 517 g/mol. The zero-order valence-corrected chi connectivity index (χ0v) is 22.2. The number of nitrogens with zero attached hydrogens (tertiary/aromatic N) is 5. The average Bonchev–Trinajstić information content (AvgIpc) is 3.26. The second-order valence-corrected chi connectivity index (χ2v) is 8.87. The molecule has 2 aliphatic rings. The van der Waals surface area contributed by atoms with Crippen molar-refractivity contribution in [1.82, 2.24) is 30.4 Å². The van der Waals surface area contributed by atoms with E-state index in [0.717, 1.165) is 12.0 Å². The molecular formula is C19H21N6NaO6S2. The third-order valence-electron chi connectivity index (χ3n) is 4.86. The number of hydrogen-bond acceptors (Lipinski definition) is 11. The molecule has 1 saturated heterocycles.